The SMILES string of the molecule is CSc1ccc(C)c(C(=O)N(C)C)c1. The lowest BCUT2D eigenvalue weighted by Gasteiger charge is -2.13. The van der Waals surface area contributed by atoms with Crippen LogP contribution >= 0.6 is 11.8 Å². The lowest BCUT2D eigenvalue weighted by Crippen LogP contribution is -2.22. The second-order valence-corrected chi connectivity index (χ2v) is 4.26. The van der Waals surface area contributed by atoms with Gasteiger partial charge in [0.05, 0.1) is 0 Å². The fourth-order valence-electron chi connectivity index (χ4n) is 1.20. The molecule has 0 saturated carbocycles. The normalized spacial score (nSPS) is 10.0. The molecule has 0 atom stereocenters. The summed E-state index contributed by atoms with van der Waals surface area (Å²) in [7, 11) is 3.54. The Morgan fingerprint density at radius 3 is 2.50 bits per heavy atom. The molecule has 1 aromatic rings. The molecule has 0 fully saturated rings. The summed E-state index contributed by atoms with van der Waals surface area (Å²) in [4.78, 5) is 14.5. The number of hydrogen-bond acceptors (Lipinski definition) is 2. The summed E-state index contributed by atoms with van der Waals surface area (Å²) < 4.78 is 0. The van der Waals surface area contributed by atoms with Gasteiger partial charge in [0.1, 0.15) is 0 Å². The van der Waals surface area contributed by atoms with Crippen molar-refractivity contribution in [3.8, 4) is 0 Å². The summed E-state index contributed by atoms with van der Waals surface area (Å²) in [6, 6.07) is 5.97. The molecule has 0 aromatic heterocycles. The van der Waals surface area contributed by atoms with Crippen LogP contribution in [-0.4, -0.2) is 31.2 Å². The number of nitrogens with zero attached hydrogens (tertiary/aromatic N) is 1. The van der Waals surface area contributed by atoms with Crippen LogP contribution in [0.2, 0.25) is 0 Å². The molecule has 2 nitrogen and oxygen atoms in total. The smallest absolute Gasteiger partial charge is 0.253 e. The first-order chi connectivity index (χ1) is 6.56. The molecule has 3 heteroatoms. The third-order valence-corrected chi connectivity index (χ3v) is 2.81. The number of amides is 1. The number of hydrogen-bond donors (Lipinski definition) is 0. The summed E-state index contributed by atoms with van der Waals surface area (Å²) in [5, 5.41) is 0. The summed E-state index contributed by atoms with van der Waals surface area (Å²) in [6.07, 6.45) is 2.01. The highest BCUT2D eigenvalue weighted by Gasteiger charge is 2.11. The Kier molecular flexibility index (Phi) is 3.58. The number of rotatable bonds is 2. The van der Waals surface area contributed by atoms with Crippen molar-refractivity contribution in [2.45, 2.75) is 11.8 Å². The molecule has 0 bridgehead atoms. The largest absolute Gasteiger partial charge is 0.345 e. The van der Waals surface area contributed by atoms with E-state index in [1.54, 1.807) is 30.8 Å². The molecule has 1 rings (SSSR count). The molecule has 0 radical (unpaired) electrons. The standard InChI is InChI=1S/C11H15NOS/c1-8-5-6-9(14-4)7-10(8)11(13)12(2)3/h5-7H,1-4H3. The minimum atomic E-state index is 0.0680. The van der Waals surface area contributed by atoms with E-state index in [9.17, 15) is 4.79 Å². The summed E-state index contributed by atoms with van der Waals surface area (Å²) in [5.74, 6) is 0.0680. The number of carbonyl (C=O) groups is 1. The Morgan fingerprint density at radius 1 is 1.36 bits per heavy atom. The van der Waals surface area contributed by atoms with Crippen molar-refractivity contribution < 1.29 is 4.79 Å². The molecule has 0 aliphatic carbocycles. The zero-order chi connectivity index (χ0) is 10.7. The third-order valence-electron chi connectivity index (χ3n) is 2.08. The van der Waals surface area contributed by atoms with Gasteiger partial charge >= 0.3 is 0 Å². The first-order valence-corrected chi connectivity index (χ1v) is 5.65. The van der Waals surface area contributed by atoms with Crippen LogP contribution in [0.5, 0.6) is 0 Å². The number of benzene rings is 1. The molecular weight excluding hydrogens is 194 g/mol. The van der Waals surface area contributed by atoms with Crippen LogP contribution in [0.4, 0.5) is 0 Å². The van der Waals surface area contributed by atoms with E-state index in [4.69, 9.17) is 0 Å². The van der Waals surface area contributed by atoms with Gasteiger partial charge < -0.3 is 4.90 Å². The average Bonchev–Trinajstić information content (AvgIpc) is 2.17. The molecule has 0 unspecified atom stereocenters. The zero-order valence-corrected chi connectivity index (χ0v) is 9.81. The van der Waals surface area contributed by atoms with Crippen molar-refractivity contribution in [1.82, 2.24) is 4.90 Å². The number of carbonyl (C=O) groups excluding carboxylic acids is 1. The Hall–Kier alpha value is -0.960. The molecule has 0 heterocycles. The first-order valence-electron chi connectivity index (χ1n) is 4.42. The highest BCUT2D eigenvalue weighted by atomic mass is 32.2. The number of thioether (sulfide) groups is 1. The van der Waals surface area contributed by atoms with Crippen LogP contribution in [0.25, 0.3) is 0 Å². The van der Waals surface area contributed by atoms with E-state index in [1.807, 2.05) is 31.4 Å². The zero-order valence-electron chi connectivity index (χ0n) is 9.00. The molecule has 0 aliphatic heterocycles. The fourth-order valence-corrected chi connectivity index (χ4v) is 1.64. The van der Waals surface area contributed by atoms with Crippen molar-refractivity contribution in [3.63, 3.8) is 0 Å². The van der Waals surface area contributed by atoms with Gasteiger partial charge in [-0.1, -0.05) is 6.07 Å². The fraction of sp³-hybridized carbons (Fsp3) is 0.364. The van der Waals surface area contributed by atoms with Crippen LogP contribution < -0.4 is 0 Å². The van der Waals surface area contributed by atoms with Crippen molar-refractivity contribution in [2.75, 3.05) is 20.4 Å². The maximum Gasteiger partial charge on any atom is 0.253 e. The molecule has 14 heavy (non-hydrogen) atoms. The monoisotopic (exact) mass is 209 g/mol. The van der Waals surface area contributed by atoms with Gasteiger partial charge in [-0.05, 0) is 30.9 Å². The van der Waals surface area contributed by atoms with E-state index < -0.39 is 0 Å². The Balaban J connectivity index is 3.12. The lowest BCUT2D eigenvalue weighted by molar-refractivity contribution is 0.0826. The third kappa shape index (κ3) is 2.29. The maximum absolute atomic E-state index is 11.8. The van der Waals surface area contributed by atoms with E-state index in [0.717, 1.165) is 16.0 Å². The van der Waals surface area contributed by atoms with Crippen molar-refractivity contribution >= 4 is 17.7 Å². The van der Waals surface area contributed by atoms with Gasteiger partial charge in [-0.3, -0.25) is 4.79 Å². The van der Waals surface area contributed by atoms with Gasteiger partial charge in [-0.2, -0.15) is 0 Å². The van der Waals surface area contributed by atoms with Crippen molar-refractivity contribution in [2.24, 2.45) is 0 Å². The van der Waals surface area contributed by atoms with E-state index in [-0.39, 0.29) is 5.91 Å². The molecule has 0 aliphatic rings. The molecule has 0 saturated heterocycles. The van der Waals surface area contributed by atoms with Gasteiger partial charge in [0.15, 0.2) is 0 Å². The van der Waals surface area contributed by atoms with Crippen LogP contribution in [0.3, 0.4) is 0 Å². The molecule has 0 spiro atoms. The lowest BCUT2D eigenvalue weighted by atomic mass is 10.1. The van der Waals surface area contributed by atoms with Crippen molar-refractivity contribution in [3.05, 3.63) is 29.3 Å². The maximum atomic E-state index is 11.8. The molecular formula is C11H15NOS. The summed E-state index contributed by atoms with van der Waals surface area (Å²) in [6.45, 7) is 1.96. The topological polar surface area (TPSA) is 20.3 Å². The van der Waals surface area contributed by atoms with Gasteiger partial charge in [-0.25, -0.2) is 0 Å². The van der Waals surface area contributed by atoms with E-state index >= 15 is 0 Å². The molecule has 76 valence electrons. The van der Waals surface area contributed by atoms with E-state index in [2.05, 4.69) is 0 Å². The quantitative estimate of drug-likeness (QED) is 0.697. The van der Waals surface area contributed by atoms with Crippen LogP contribution in [0, 0.1) is 6.92 Å². The minimum Gasteiger partial charge on any atom is -0.345 e. The highest BCUT2D eigenvalue weighted by Crippen LogP contribution is 2.19. The van der Waals surface area contributed by atoms with Crippen molar-refractivity contribution in [1.29, 1.82) is 0 Å². The summed E-state index contributed by atoms with van der Waals surface area (Å²) in [5.41, 5.74) is 1.82. The minimum absolute atomic E-state index is 0.0680. The highest BCUT2D eigenvalue weighted by molar-refractivity contribution is 7.98. The number of aryl methyl sites for hydroxylation is 1. The predicted molar refractivity (Wildman–Crippen MR) is 61.0 cm³/mol. The van der Waals surface area contributed by atoms with Gasteiger partial charge in [0.25, 0.3) is 5.91 Å². The summed E-state index contributed by atoms with van der Waals surface area (Å²) >= 11 is 1.65. The predicted octanol–water partition coefficient (Wildman–Crippen LogP) is 2.42. The first kappa shape index (κ1) is 11.1. The second-order valence-electron chi connectivity index (χ2n) is 3.38. The molecule has 1 aromatic carbocycles. The Morgan fingerprint density at radius 2 is 2.00 bits per heavy atom. The Labute approximate surface area is 89.3 Å². The van der Waals surface area contributed by atoms with Crippen LogP contribution in [0.1, 0.15) is 15.9 Å². The van der Waals surface area contributed by atoms with Gasteiger partial charge in [0.2, 0.25) is 0 Å². The van der Waals surface area contributed by atoms with Gasteiger partial charge in [0, 0.05) is 24.6 Å². The van der Waals surface area contributed by atoms with E-state index in [0.29, 0.717) is 0 Å². The van der Waals surface area contributed by atoms with Gasteiger partial charge in [-0.15, -0.1) is 11.8 Å². The van der Waals surface area contributed by atoms with Crippen LogP contribution in [-0.2, 0) is 0 Å². The van der Waals surface area contributed by atoms with Crippen LogP contribution in [0.15, 0.2) is 23.1 Å². The average molecular weight is 209 g/mol. The second kappa shape index (κ2) is 4.51. The molecule has 0 N–H and O–H groups in total. The Bertz CT molecular complexity index is 347. The molecule has 1 amide bonds. The van der Waals surface area contributed by atoms with E-state index in [1.165, 1.54) is 0 Å².